The Morgan fingerprint density at radius 2 is 1.97 bits per heavy atom. The van der Waals surface area contributed by atoms with Crippen LogP contribution in [0.1, 0.15) is 40.8 Å². The average molecular weight is 478 g/mol. The highest BCUT2D eigenvalue weighted by Crippen LogP contribution is 2.37. The van der Waals surface area contributed by atoms with E-state index in [1.807, 2.05) is 30.3 Å². The zero-order valence-corrected chi connectivity index (χ0v) is 19.8. The summed E-state index contributed by atoms with van der Waals surface area (Å²) in [5.41, 5.74) is 8.60. The van der Waals surface area contributed by atoms with Crippen LogP contribution in [0.25, 0.3) is 0 Å². The second-order valence-electron chi connectivity index (χ2n) is 7.59. The smallest absolute Gasteiger partial charge is 0.188 e. The molecule has 1 atom stereocenters. The molecule has 5 nitrogen and oxygen atoms in total. The van der Waals surface area contributed by atoms with Crippen molar-refractivity contribution in [3.8, 4) is 5.75 Å². The van der Waals surface area contributed by atoms with Crippen molar-refractivity contribution in [1.29, 1.82) is 0 Å². The van der Waals surface area contributed by atoms with E-state index in [1.54, 1.807) is 30.6 Å². The number of methoxy groups -OCH3 is 1. The molecule has 1 aliphatic rings. The number of nitrogens with two attached hydrogens (primary N) is 1. The first-order chi connectivity index (χ1) is 15.2. The van der Waals surface area contributed by atoms with E-state index >= 15 is 0 Å². The quantitative estimate of drug-likeness (QED) is 0.425. The van der Waals surface area contributed by atoms with Crippen LogP contribution in [0.2, 0.25) is 0 Å². The van der Waals surface area contributed by atoms with Crippen LogP contribution in [-0.2, 0) is 24.2 Å². The molecule has 1 aromatic heterocycles. The summed E-state index contributed by atoms with van der Waals surface area (Å²) >= 11 is 1.72. The van der Waals surface area contributed by atoms with Gasteiger partial charge in [-0.3, -0.25) is 0 Å². The molecule has 4 rings (SSSR count). The predicted molar refractivity (Wildman–Crippen MR) is 129 cm³/mol. The SMILES string of the molecule is COc1cccc(C(OCc2ccccc2F)N(CCN)c2nc3c(s2)CCCC3)c1.Cl. The minimum atomic E-state index is -0.467. The van der Waals surface area contributed by atoms with Crippen molar-refractivity contribution >= 4 is 28.9 Å². The summed E-state index contributed by atoms with van der Waals surface area (Å²) in [5, 5.41) is 0.902. The van der Waals surface area contributed by atoms with Crippen LogP contribution < -0.4 is 15.4 Å². The number of rotatable bonds is 9. The number of benzene rings is 2. The summed E-state index contributed by atoms with van der Waals surface area (Å²) in [6.07, 6.45) is 4.00. The number of nitrogens with zero attached hydrogens (tertiary/aromatic N) is 2. The van der Waals surface area contributed by atoms with Crippen molar-refractivity contribution in [1.82, 2.24) is 4.98 Å². The van der Waals surface area contributed by atoms with E-state index in [9.17, 15) is 4.39 Å². The fourth-order valence-corrected chi connectivity index (χ4v) is 5.05. The summed E-state index contributed by atoms with van der Waals surface area (Å²) in [5.74, 6) is 0.463. The maximum atomic E-state index is 14.2. The van der Waals surface area contributed by atoms with Crippen LogP contribution in [-0.4, -0.2) is 25.2 Å². The Bertz CT molecular complexity index is 993. The average Bonchev–Trinajstić information content (AvgIpc) is 3.24. The van der Waals surface area contributed by atoms with Gasteiger partial charge in [-0.1, -0.05) is 30.3 Å². The first-order valence-corrected chi connectivity index (χ1v) is 11.5. The standard InChI is InChI=1S/C24H28FN3O2S.ClH/c1-29-19-9-6-8-17(15-19)23(30-16-18-7-2-3-10-20(18)25)28(14-13-26)24-27-21-11-4-5-12-22(21)31-24;/h2-3,6-10,15,23H,4-5,11-14,16,26H2,1H3;1H. The van der Waals surface area contributed by atoms with E-state index in [1.165, 1.54) is 29.5 Å². The minimum absolute atomic E-state index is 0. The Morgan fingerprint density at radius 3 is 2.72 bits per heavy atom. The summed E-state index contributed by atoms with van der Waals surface area (Å²) in [6, 6.07) is 14.5. The summed E-state index contributed by atoms with van der Waals surface area (Å²) < 4.78 is 26.0. The highest BCUT2D eigenvalue weighted by atomic mass is 35.5. The number of halogens is 2. The Hall–Kier alpha value is -2.19. The molecule has 1 heterocycles. The van der Waals surface area contributed by atoms with Crippen LogP contribution in [0.5, 0.6) is 5.75 Å². The predicted octanol–water partition coefficient (Wildman–Crippen LogP) is 5.27. The Kier molecular flexibility index (Phi) is 8.87. The van der Waals surface area contributed by atoms with E-state index in [2.05, 4.69) is 4.90 Å². The van der Waals surface area contributed by atoms with Gasteiger partial charge in [0.05, 0.1) is 19.4 Å². The zero-order valence-electron chi connectivity index (χ0n) is 18.1. The van der Waals surface area contributed by atoms with E-state index in [-0.39, 0.29) is 24.8 Å². The van der Waals surface area contributed by atoms with Gasteiger partial charge >= 0.3 is 0 Å². The van der Waals surface area contributed by atoms with Crippen molar-refractivity contribution < 1.29 is 13.9 Å². The molecule has 2 aromatic carbocycles. The highest BCUT2D eigenvalue weighted by molar-refractivity contribution is 7.15. The molecule has 172 valence electrons. The molecule has 0 bridgehead atoms. The van der Waals surface area contributed by atoms with Gasteiger partial charge in [0.2, 0.25) is 0 Å². The summed E-state index contributed by atoms with van der Waals surface area (Å²) in [4.78, 5) is 8.38. The molecule has 0 saturated carbocycles. The Morgan fingerprint density at radius 1 is 1.16 bits per heavy atom. The van der Waals surface area contributed by atoms with Crippen LogP contribution in [0.15, 0.2) is 48.5 Å². The first kappa shape index (κ1) is 24.5. The molecule has 3 aromatic rings. The van der Waals surface area contributed by atoms with Gasteiger partial charge in [-0.25, -0.2) is 9.37 Å². The molecule has 1 unspecified atom stereocenters. The lowest BCUT2D eigenvalue weighted by Gasteiger charge is -2.31. The van der Waals surface area contributed by atoms with Gasteiger partial charge in [-0.15, -0.1) is 23.7 Å². The molecule has 2 N–H and O–H groups in total. The topological polar surface area (TPSA) is 60.6 Å². The summed E-state index contributed by atoms with van der Waals surface area (Å²) in [7, 11) is 1.64. The molecule has 1 aliphatic carbocycles. The second-order valence-corrected chi connectivity index (χ2v) is 8.65. The van der Waals surface area contributed by atoms with Crippen molar-refractivity contribution in [3.05, 3.63) is 76.0 Å². The molecular formula is C24H29ClFN3O2S. The third-order valence-electron chi connectivity index (χ3n) is 5.47. The molecule has 0 radical (unpaired) electrons. The molecule has 0 fully saturated rings. The van der Waals surface area contributed by atoms with E-state index in [4.69, 9.17) is 20.2 Å². The van der Waals surface area contributed by atoms with Crippen molar-refractivity contribution in [2.75, 3.05) is 25.1 Å². The van der Waals surface area contributed by atoms with Crippen LogP contribution >= 0.6 is 23.7 Å². The van der Waals surface area contributed by atoms with Crippen molar-refractivity contribution in [2.45, 2.75) is 38.5 Å². The molecule has 8 heteroatoms. The number of aryl methyl sites for hydroxylation is 2. The van der Waals surface area contributed by atoms with Gasteiger partial charge in [-0.2, -0.15) is 0 Å². The van der Waals surface area contributed by atoms with E-state index in [0.717, 1.165) is 29.3 Å². The fraction of sp³-hybridized carbons (Fsp3) is 0.375. The Labute approximate surface area is 198 Å². The normalized spacial score (nSPS) is 13.7. The molecule has 32 heavy (non-hydrogen) atoms. The lowest BCUT2D eigenvalue weighted by atomic mass is 10.0. The van der Waals surface area contributed by atoms with Crippen molar-refractivity contribution in [2.24, 2.45) is 5.73 Å². The van der Waals surface area contributed by atoms with Gasteiger partial charge in [0, 0.05) is 29.1 Å². The number of ether oxygens (including phenoxy) is 2. The molecular weight excluding hydrogens is 449 g/mol. The highest BCUT2D eigenvalue weighted by Gasteiger charge is 2.27. The lowest BCUT2D eigenvalue weighted by Crippen LogP contribution is -2.35. The number of anilines is 1. The van der Waals surface area contributed by atoms with Gasteiger partial charge in [-0.05, 0) is 43.9 Å². The molecule has 0 aliphatic heterocycles. The maximum absolute atomic E-state index is 14.2. The zero-order chi connectivity index (χ0) is 21.6. The minimum Gasteiger partial charge on any atom is -0.497 e. The number of fused-ring (bicyclic) bond motifs is 1. The first-order valence-electron chi connectivity index (χ1n) is 10.6. The number of hydrogen-bond acceptors (Lipinski definition) is 6. The largest absolute Gasteiger partial charge is 0.497 e. The third-order valence-corrected chi connectivity index (χ3v) is 6.66. The van der Waals surface area contributed by atoms with Crippen LogP contribution in [0.4, 0.5) is 9.52 Å². The lowest BCUT2D eigenvalue weighted by molar-refractivity contribution is 0.0357. The van der Waals surface area contributed by atoms with Gasteiger partial charge in [0.25, 0.3) is 0 Å². The molecule has 0 spiro atoms. The molecule has 0 saturated heterocycles. The Balaban J connectivity index is 0.00000289. The summed E-state index contributed by atoms with van der Waals surface area (Å²) in [6.45, 7) is 1.17. The fourth-order valence-electron chi connectivity index (χ4n) is 3.86. The second kappa shape index (κ2) is 11.6. The molecule has 0 amide bonds. The van der Waals surface area contributed by atoms with E-state index < -0.39 is 6.23 Å². The third kappa shape index (κ3) is 5.59. The van der Waals surface area contributed by atoms with Gasteiger partial charge < -0.3 is 20.1 Å². The number of aromatic nitrogens is 1. The van der Waals surface area contributed by atoms with Gasteiger partial charge in [0.15, 0.2) is 11.4 Å². The number of hydrogen-bond donors (Lipinski definition) is 1. The van der Waals surface area contributed by atoms with Crippen LogP contribution in [0.3, 0.4) is 0 Å². The van der Waals surface area contributed by atoms with E-state index in [0.29, 0.717) is 18.7 Å². The number of thiazole rings is 1. The van der Waals surface area contributed by atoms with Crippen molar-refractivity contribution in [3.63, 3.8) is 0 Å². The maximum Gasteiger partial charge on any atom is 0.188 e. The van der Waals surface area contributed by atoms with Crippen LogP contribution in [0, 0.1) is 5.82 Å². The van der Waals surface area contributed by atoms with Gasteiger partial charge in [0.1, 0.15) is 11.6 Å². The monoisotopic (exact) mass is 477 g/mol.